The maximum atomic E-state index is 11.9. The van der Waals surface area contributed by atoms with E-state index in [1.807, 2.05) is 45.9 Å². The number of hydrogen-bond donors (Lipinski definition) is 0. The molecule has 0 spiro atoms. The van der Waals surface area contributed by atoms with Gasteiger partial charge in [-0.3, -0.25) is 0 Å². The Hall–Kier alpha value is -2.04. The van der Waals surface area contributed by atoms with Gasteiger partial charge in [0.15, 0.2) is 0 Å². The summed E-state index contributed by atoms with van der Waals surface area (Å²) >= 11 is 0. The van der Waals surface area contributed by atoms with Gasteiger partial charge in [-0.15, -0.1) is 5.10 Å². The van der Waals surface area contributed by atoms with E-state index < -0.39 is 0 Å². The van der Waals surface area contributed by atoms with E-state index in [4.69, 9.17) is 4.74 Å². The summed E-state index contributed by atoms with van der Waals surface area (Å²) in [7, 11) is 3.10. The Kier molecular flexibility index (Phi) is 4.92. The van der Waals surface area contributed by atoms with Crippen LogP contribution in [0.2, 0.25) is 0 Å². The second kappa shape index (κ2) is 6.22. The standard InChI is InChI=1S/C12H15N3O2.C2H6/c1-8-5-6-10(7-9(8)2)15-11(17-4)13-14(3)12(15)16;1-2/h5-7H,1-4H3;1-2H3. The van der Waals surface area contributed by atoms with Crippen LogP contribution in [-0.4, -0.2) is 21.5 Å². The van der Waals surface area contributed by atoms with Gasteiger partial charge >= 0.3 is 11.7 Å². The highest BCUT2D eigenvalue weighted by Crippen LogP contribution is 2.16. The van der Waals surface area contributed by atoms with Crippen LogP contribution in [0.5, 0.6) is 6.01 Å². The first-order valence-corrected chi connectivity index (χ1v) is 6.32. The molecule has 1 heterocycles. The van der Waals surface area contributed by atoms with Gasteiger partial charge in [0.2, 0.25) is 0 Å². The minimum Gasteiger partial charge on any atom is -0.467 e. The lowest BCUT2D eigenvalue weighted by molar-refractivity contribution is 0.368. The fraction of sp³-hybridized carbons (Fsp3) is 0.429. The van der Waals surface area contributed by atoms with Crippen LogP contribution in [0.3, 0.4) is 0 Å². The second-order valence-electron chi connectivity index (χ2n) is 4.00. The van der Waals surface area contributed by atoms with E-state index in [1.165, 1.54) is 21.9 Å². The Morgan fingerprint density at radius 3 is 2.32 bits per heavy atom. The molecule has 5 nitrogen and oxygen atoms in total. The van der Waals surface area contributed by atoms with Crippen molar-refractivity contribution in [2.75, 3.05) is 7.11 Å². The largest absolute Gasteiger partial charge is 0.467 e. The van der Waals surface area contributed by atoms with Crippen molar-refractivity contribution in [3.8, 4) is 11.7 Å². The topological polar surface area (TPSA) is 49.1 Å². The molecule has 0 fully saturated rings. The fourth-order valence-electron chi connectivity index (χ4n) is 1.66. The number of aryl methyl sites for hydroxylation is 3. The quantitative estimate of drug-likeness (QED) is 0.834. The van der Waals surface area contributed by atoms with E-state index in [2.05, 4.69) is 5.10 Å². The van der Waals surface area contributed by atoms with Crippen LogP contribution in [0.1, 0.15) is 25.0 Å². The summed E-state index contributed by atoms with van der Waals surface area (Å²) in [5.41, 5.74) is 2.86. The first-order valence-electron chi connectivity index (χ1n) is 6.32. The molecule has 0 N–H and O–H groups in total. The molecule has 2 rings (SSSR count). The predicted molar refractivity (Wildman–Crippen MR) is 76.2 cm³/mol. The van der Waals surface area contributed by atoms with E-state index in [1.54, 1.807) is 7.05 Å². The minimum atomic E-state index is -0.217. The number of methoxy groups -OCH3 is 1. The summed E-state index contributed by atoms with van der Waals surface area (Å²) < 4.78 is 7.81. The zero-order chi connectivity index (χ0) is 14.6. The average Bonchev–Trinajstić information content (AvgIpc) is 2.71. The van der Waals surface area contributed by atoms with Gasteiger partial charge in [-0.05, 0) is 37.1 Å². The molecule has 0 aliphatic carbocycles. The van der Waals surface area contributed by atoms with Gasteiger partial charge in [-0.1, -0.05) is 19.9 Å². The Bertz CT molecular complexity index is 612. The number of ether oxygens (including phenoxy) is 1. The summed E-state index contributed by atoms with van der Waals surface area (Å²) in [4.78, 5) is 11.9. The maximum Gasteiger partial charge on any atom is 0.353 e. The first-order chi connectivity index (χ1) is 9.04. The Morgan fingerprint density at radius 2 is 1.79 bits per heavy atom. The highest BCUT2D eigenvalue weighted by atomic mass is 16.5. The molecule has 0 aliphatic heterocycles. The summed E-state index contributed by atoms with van der Waals surface area (Å²) in [5, 5.41) is 4.00. The predicted octanol–water partition coefficient (Wildman–Crippen LogP) is 2.22. The molecular formula is C14H21N3O2. The van der Waals surface area contributed by atoms with Gasteiger partial charge in [-0.25, -0.2) is 14.0 Å². The third-order valence-corrected chi connectivity index (χ3v) is 2.83. The highest BCUT2D eigenvalue weighted by molar-refractivity contribution is 5.40. The van der Waals surface area contributed by atoms with Crippen molar-refractivity contribution >= 4 is 0 Å². The average molecular weight is 263 g/mol. The summed E-state index contributed by atoms with van der Waals surface area (Å²) in [6.45, 7) is 8.04. The molecule has 0 atom stereocenters. The molecule has 0 radical (unpaired) electrons. The molecule has 5 heteroatoms. The number of nitrogens with zero attached hydrogens (tertiary/aromatic N) is 3. The van der Waals surface area contributed by atoms with Gasteiger partial charge in [0, 0.05) is 7.05 Å². The number of benzene rings is 1. The van der Waals surface area contributed by atoms with Crippen LogP contribution in [0.4, 0.5) is 0 Å². The Labute approximate surface area is 113 Å². The van der Waals surface area contributed by atoms with Crippen LogP contribution >= 0.6 is 0 Å². The lowest BCUT2D eigenvalue weighted by atomic mass is 10.1. The molecule has 0 saturated carbocycles. The Morgan fingerprint density at radius 1 is 1.16 bits per heavy atom. The zero-order valence-corrected chi connectivity index (χ0v) is 12.4. The van der Waals surface area contributed by atoms with Crippen LogP contribution in [0.25, 0.3) is 5.69 Å². The van der Waals surface area contributed by atoms with Crippen LogP contribution in [-0.2, 0) is 7.05 Å². The smallest absolute Gasteiger partial charge is 0.353 e. The van der Waals surface area contributed by atoms with Crippen molar-refractivity contribution in [2.45, 2.75) is 27.7 Å². The second-order valence-corrected chi connectivity index (χ2v) is 4.00. The summed E-state index contributed by atoms with van der Waals surface area (Å²) in [6, 6.07) is 6.10. The fourth-order valence-corrected chi connectivity index (χ4v) is 1.66. The molecule has 104 valence electrons. The number of hydrogen-bond acceptors (Lipinski definition) is 3. The lowest BCUT2D eigenvalue weighted by Gasteiger charge is -2.06. The first kappa shape index (κ1) is 15.0. The third kappa shape index (κ3) is 2.86. The number of aromatic nitrogens is 3. The molecular weight excluding hydrogens is 242 g/mol. The van der Waals surface area contributed by atoms with Crippen molar-refractivity contribution in [1.29, 1.82) is 0 Å². The summed E-state index contributed by atoms with van der Waals surface area (Å²) in [6.07, 6.45) is 0. The van der Waals surface area contributed by atoms with E-state index in [0.29, 0.717) is 6.01 Å². The molecule has 0 amide bonds. The van der Waals surface area contributed by atoms with Gasteiger partial charge in [0.05, 0.1) is 12.8 Å². The van der Waals surface area contributed by atoms with Crippen LogP contribution in [0.15, 0.2) is 23.0 Å². The van der Waals surface area contributed by atoms with E-state index in [9.17, 15) is 4.79 Å². The highest BCUT2D eigenvalue weighted by Gasteiger charge is 2.13. The SMILES string of the molecule is CC.COc1nn(C)c(=O)n1-c1ccc(C)c(C)c1. The van der Waals surface area contributed by atoms with Gasteiger partial charge in [0.1, 0.15) is 0 Å². The molecule has 0 bridgehead atoms. The normalized spacial score (nSPS) is 9.79. The van der Waals surface area contributed by atoms with Gasteiger partial charge in [-0.2, -0.15) is 0 Å². The molecule has 1 aromatic carbocycles. The van der Waals surface area contributed by atoms with E-state index in [0.717, 1.165) is 11.3 Å². The van der Waals surface area contributed by atoms with Gasteiger partial charge in [0.25, 0.3) is 0 Å². The van der Waals surface area contributed by atoms with E-state index in [-0.39, 0.29) is 5.69 Å². The lowest BCUT2D eigenvalue weighted by Crippen LogP contribution is -2.21. The van der Waals surface area contributed by atoms with Crippen molar-refractivity contribution < 1.29 is 4.74 Å². The zero-order valence-electron chi connectivity index (χ0n) is 12.4. The Balaban J connectivity index is 0.000000861. The monoisotopic (exact) mass is 263 g/mol. The minimum absolute atomic E-state index is 0.217. The molecule has 1 aromatic heterocycles. The number of rotatable bonds is 2. The van der Waals surface area contributed by atoms with Crippen molar-refractivity contribution in [3.05, 3.63) is 39.8 Å². The molecule has 19 heavy (non-hydrogen) atoms. The van der Waals surface area contributed by atoms with Gasteiger partial charge < -0.3 is 4.74 Å². The maximum absolute atomic E-state index is 11.9. The molecule has 0 saturated heterocycles. The van der Waals surface area contributed by atoms with E-state index >= 15 is 0 Å². The van der Waals surface area contributed by atoms with Crippen molar-refractivity contribution in [3.63, 3.8) is 0 Å². The van der Waals surface area contributed by atoms with Crippen molar-refractivity contribution in [1.82, 2.24) is 14.3 Å². The summed E-state index contributed by atoms with van der Waals surface area (Å²) in [5.74, 6) is 0. The molecule has 2 aromatic rings. The molecule has 0 aliphatic rings. The molecule has 0 unspecified atom stereocenters. The van der Waals surface area contributed by atoms with Crippen LogP contribution in [0, 0.1) is 13.8 Å². The third-order valence-electron chi connectivity index (χ3n) is 2.83. The van der Waals surface area contributed by atoms with Crippen LogP contribution < -0.4 is 10.4 Å². The van der Waals surface area contributed by atoms with Crippen molar-refractivity contribution in [2.24, 2.45) is 7.05 Å².